The number of hydrogen-bond donors (Lipinski definition) is 0. The van der Waals surface area contributed by atoms with Gasteiger partial charge in [-0.3, -0.25) is 9.59 Å². The van der Waals surface area contributed by atoms with Crippen molar-refractivity contribution in [3.63, 3.8) is 0 Å². The zero-order chi connectivity index (χ0) is 20.3. The van der Waals surface area contributed by atoms with Crippen molar-refractivity contribution in [2.24, 2.45) is 5.92 Å². The summed E-state index contributed by atoms with van der Waals surface area (Å²) in [5, 5.41) is 0. The molecule has 2 amide bonds. The Bertz CT molecular complexity index is 814. The first-order valence-electron chi connectivity index (χ1n) is 9.65. The maximum absolute atomic E-state index is 12.7. The topological polar surface area (TPSA) is 87.2 Å². The lowest BCUT2D eigenvalue weighted by atomic mass is 10.1. The van der Waals surface area contributed by atoms with Crippen molar-refractivity contribution in [2.75, 3.05) is 50.8 Å². The second kappa shape index (κ2) is 8.59. The second-order valence-corrected chi connectivity index (χ2v) is 8.86. The van der Waals surface area contributed by atoms with Crippen molar-refractivity contribution < 1.29 is 22.7 Å². The Morgan fingerprint density at radius 3 is 2.32 bits per heavy atom. The average Bonchev–Trinajstić information content (AvgIpc) is 3.10. The predicted molar refractivity (Wildman–Crippen MR) is 104 cm³/mol. The molecule has 0 aromatic heterocycles. The average molecular weight is 410 g/mol. The lowest BCUT2D eigenvalue weighted by molar-refractivity contribution is -0.139. The molecule has 154 valence electrons. The summed E-state index contributed by atoms with van der Waals surface area (Å²) in [4.78, 5) is 28.6. The Balaban J connectivity index is 1.72. The van der Waals surface area contributed by atoms with Gasteiger partial charge >= 0.3 is 0 Å². The molecule has 1 aromatic rings. The van der Waals surface area contributed by atoms with Gasteiger partial charge in [0.1, 0.15) is 0 Å². The van der Waals surface area contributed by atoms with E-state index in [-0.39, 0.29) is 29.0 Å². The molecule has 28 heavy (non-hydrogen) atoms. The van der Waals surface area contributed by atoms with E-state index >= 15 is 0 Å². The van der Waals surface area contributed by atoms with Gasteiger partial charge in [0.25, 0.3) is 0 Å². The van der Waals surface area contributed by atoms with Crippen molar-refractivity contribution >= 4 is 27.5 Å². The maximum atomic E-state index is 12.7. The normalized spacial score (nSPS) is 20.8. The maximum Gasteiger partial charge on any atom is 0.243 e. The smallest absolute Gasteiger partial charge is 0.243 e. The zero-order valence-corrected chi connectivity index (χ0v) is 17.2. The number of sulfonamides is 1. The summed E-state index contributed by atoms with van der Waals surface area (Å²) in [5.74, 6) is -0.504. The SMILES string of the molecule is CCN(CC)S(=O)(=O)c1ccc(N2CC(C(=O)N3CCOCC3)CC2=O)cc1. The molecular formula is C19H27N3O5S. The van der Waals surface area contributed by atoms with Crippen LogP contribution in [0.5, 0.6) is 0 Å². The van der Waals surface area contributed by atoms with E-state index in [0.717, 1.165) is 0 Å². The summed E-state index contributed by atoms with van der Waals surface area (Å²) in [7, 11) is -3.54. The van der Waals surface area contributed by atoms with E-state index in [2.05, 4.69) is 0 Å². The van der Waals surface area contributed by atoms with Gasteiger partial charge in [0, 0.05) is 44.8 Å². The minimum Gasteiger partial charge on any atom is -0.378 e. The Labute approximate surface area is 166 Å². The van der Waals surface area contributed by atoms with Crippen LogP contribution in [0.4, 0.5) is 5.69 Å². The summed E-state index contributed by atoms with van der Waals surface area (Å²) in [6, 6.07) is 6.31. The van der Waals surface area contributed by atoms with Crippen LogP contribution in [-0.2, 0) is 24.3 Å². The number of carbonyl (C=O) groups is 2. The quantitative estimate of drug-likeness (QED) is 0.698. The molecule has 0 bridgehead atoms. The third-order valence-electron chi connectivity index (χ3n) is 5.29. The molecule has 1 unspecified atom stereocenters. The van der Waals surface area contributed by atoms with Crippen LogP contribution in [0, 0.1) is 5.92 Å². The third kappa shape index (κ3) is 4.06. The highest BCUT2D eigenvalue weighted by Crippen LogP contribution is 2.28. The molecule has 0 saturated carbocycles. The highest BCUT2D eigenvalue weighted by atomic mass is 32.2. The van der Waals surface area contributed by atoms with Crippen LogP contribution >= 0.6 is 0 Å². The standard InChI is InChI=1S/C19H27N3O5S/c1-3-21(4-2)28(25,26)17-7-5-16(6-8-17)22-14-15(13-18(22)23)19(24)20-9-11-27-12-10-20/h5-8,15H,3-4,9-14H2,1-2H3. The van der Waals surface area contributed by atoms with Gasteiger partial charge in [0.05, 0.1) is 24.0 Å². The molecule has 0 aliphatic carbocycles. The Morgan fingerprint density at radius 1 is 1.14 bits per heavy atom. The number of amides is 2. The van der Waals surface area contributed by atoms with Gasteiger partial charge in [0.15, 0.2) is 0 Å². The van der Waals surface area contributed by atoms with E-state index in [9.17, 15) is 18.0 Å². The number of nitrogens with zero attached hydrogens (tertiary/aromatic N) is 3. The van der Waals surface area contributed by atoms with Crippen LogP contribution < -0.4 is 4.90 Å². The van der Waals surface area contributed by atoms with E-state index in [1.54, 1.807) is 35.8 Å². The van der Waals surface area contributed by atoms with Gasteiger partial charge in [-0.25, -0.2) is 8.42 Å². The molecule has 0 N–H and O–H groups in total. The van der Waals surface area contributed by atoms with E-state index in [4.69, 9.17) is 4.74 Å². The molecule has 2 aliphatic heterocycles. The van der Waals surface area contributed by atoms with Gasteiger partial charge in [-0.1, -0.05) is 13.8 Å². The van der Waals surface area contributed by atoms with Gasteiger partial charge in [0.2, 0.25) is 21.8 Å². The molecule has 1 aromatic carbocycles. The van der Waals surface area contributed by atoms with Crippen molar-refractivity contribution in [3.05, 3.63) is 24.3 Å². The molecule has 0 spiro atoms. The fraction of sp³-hybridized carbons (Fsp3) is 0.579. The summed E-state index contributed by atoms with van der Waals surface area (Å²) >= 11 is 0. The zero-order valence-electron chi connectivity index (χ0n) is 16.3. The van der Waals surface area contributed by atoms with Crippen molar-refractivity contribution in [1.29, 1.82) is 0 Å². The Kier molecular flexibility index (Phi) is 6.36. The molecular weight excluding hydrogens is 382 g/mol. The van der Waals surface area contributed by atoms with Crippen molar-refractivity contribution in [2.45, 2.75) is 25.2 Å². The monoisotopic (exact) mass is 409 g/mol. The van der Waals surface area contributed by atoms with E-state index in [0.29, 0.717) is 51.6 Å². The van der Waals surface area contributed by atoms with Crippen molar-refractivity contribution in [1.82, 2.24) is 9.21 Å². The molecule has 0 radical (unpaired) electrons. The summed E-state index contributed by atoms with van der Waals surface area (Å²) in [6.07, 6.45) is 0.176. The lowest BCUT2D eigenvalue weighted by Gasteiger charge is -2.29. The number of rotatable bonds is 6. The largest absolute Gasteiger partial charge is 0.378 e. The van der Waals surface area contributed by atoms with Crippen LogP contribution in [0.25, 0.3) is 0 Å². The third-order valence-corrected chi connectivity index (χ3v) is 7.35. The number of ether oxygens (including phenoxy) is 1. The van der Waals surface area contributed by atoms with Crippen molar-refractivity contribution in [3.8, 4) is 0 Å². The number of carbonyl (C=O) groups excluding carboxylic acids is 2. The van der Waals surface area contributed by atoms with E-state index < -0.39 is 10.0 Å². The van der Waals surface area contributed by atoms with Gasteiger partial charge in [-0.05, 0) is 24.3 Å². The summed E-state index contributed by atoms with van der Waals surface area (Å²) in [6.45, 7) is 6.87. The number of morpholine rings is 1. The first-order valence-corrected chi connectivity index (χ1v) is 11.1. The fourth-order valence-electron chi connectivity index (χ4n) is 3.68. The lowest BCUT2D eigenvalue weighted by Crippen LogP contribution is -2.44. The van der Waals surface area contributed by atoms with E-state index in [1.165, 1.54) is 16.4 Å². The highest BCUT2D eigenvalue weighted by molar-refractivity contribution is 7.89. The number of hydrogen-bond acceptors (Lipinski definition) is 5. The molecule has 2 aliphatic rings. The molecule has 2 heterocycles. The number of benzene rings is 1. The molecule has 2 fully saturated rings. The van der Waals surface area contributed by atoms with Crippen LogP contribution in [0.3, 0.4) is 0 Å². The minimum atomic E-state index is -3.54. The van der Waals surface area contributed by atoms with Crippen LogP contribution in [0.2, 0.25) is 0 Å². The van der Waals surface area contributed by atoms with Crippen LogP contribution in [0.15, 0.2) is 29.2 Å². The summed E-state index contributed by atoms with van der Waals surface area (Å²) < 4.78 is 31.8. The van der Waals surface area contributed by atoms with Crippen LogP contribution in [0.1, 0.15) is 20.3 Å². The van der Waals surface area contributed by atoms with E-state index in [1.807, 2.05) is 0 Å². The van der Waals surface area contributed by atoms with Gasteiger partial charge in [-0.2, -0.15) is 4.31 Å². The molecule has 8 nitrogen and oxygen atoms in total. The Morgan fingerprint density at radius 2 is 1.75 bits per heavy atom. The Hall–Kier alpha value is -1.97. The van der Waals surface area contributed by atoms with Crippen LogP contribution in [-0.4, -0.2) is 75.4 Å². The first kappa shape index (κ1) is 20.8. The fourth-order valence-corrected chi connectivity index (χ4v) is 5.13. The first-order chi connectivity index (χ1) is 13.4. The molecule has 9 heteroatoms. The molecule has 3 rings (SSSR count). The molecule has 1 atom stereocenters. The highest BCUT2D eigenvalue weighted by Gasteiger charge is 2.37. The summed E-state index contributed by atoms with van der Waals surface area (Å²) in [5.41, 5.74) is 0.612. The minimum absolute atomic E-state index is 0.0140. The predicted octanol–water partition coefficient (Wildman–Crippen LogP) is 0.929. The van der Waals surface area contributed by atoms with Gasteiger partial charge in [-0.15, -0.1) is 0 Å². The number of anilines is 1. The van der Waals surface area contributed by atoms with Gasteiger partial charge < -0.3 is 14.5 Å². The second-order valence-electron chi connectivity index (χ2n) is 6.93. The molecule has 2 saturated heterocycles.